The Hall–Kier alpha value is -3.12. The first-order valence-corrected chi connectivity index (χ1v) is 10.1. The number of ether oxygens (including phenoxy) is 1. The van der Waals surface area contributed by atoms with Gasteiger partial charge in [-0.05, 0) is 31.0 Å². The summed E-state index contributed by atoms with van der Waals surface area (Å²) in [5.74, 6) is 1.87. The van der Waals surface area contributed by atoms with Gasteiger partial charge in [0.1, 0.15) is 17.9 Å². The molecule has 0 bridgehead atoms. The standard InChI is InChI=1S/C23H25N5O/c1-16-26-24-15-28(16)14-13-27-12-11-18-17-7-3-5-9-20(17)25-22(18)23(27)19-8-4-6-10-21(19)29-2/h3-10,15,23,25H,11-14H2,1-2H3. The van der Waals surface area contributed by atoms with Crippen LogP contribution in [0.4, 0.5) is 0 Å². The second kappa shape index (κ2) is 7.37. The lowest BCUT2D eigenvalue weighted by Gasteiger charge is -2.36. The van der Waals surface area contributed by atoms with E-state index in [-0.39, 0.29) is 6.04 Å². The number of aromatic nitrogens is 4. The van der Waals surface area contributed by atoms with Crippen molar-refractivity contribution in [2.24, 2.45) is 0 Å². The second-order valence-corrected chi connectivity index (χ2v) is 7.56. The van der Waals surface area contributed by atoms with E-state index in [0.717, 1.165) is 37.6 Å². The van der Waals surface area contributed by atoms with Gasteiger partial charge >= 0.3 is 0 Å². The minimum Gasteiger partial charge on any atom is -0.496 e. The average molecular weight is 387 g/mol. The number of rotatable bonds is 5. The maximum Gasteiger partial charge on any atom is 0.129 e. The molecule has 1 aliphatic heterocycles. The first kappa shape index (κ1) is 17.9. The first-order valence-electron chi connectivity index (χ1n) is 10.1. The zero-order chi connectivity index (χ0) is 19.8. The minimum absolute atomic E-state index is 0.124. The Labute approximate surface area is 170 Å². The summed E-state index contributed by atoms with van der Waals surface area (Å²) in [4.78, 5) is 6.26. The lowest BCUT2D eigenvalue weighted by Crippen LogP contribution is -2.38. The Morgan fingerprint density at radius 2 is 1.93 bits per heavy atom. The van der Waals surface area contributed by atoms with Crippen molar-refractivity contribution in [2.75, 3.05) is 20.2 Å². The van der Waals surface area contributed by atoms with Crippen LogP contribution < -0.4 is 4.74 Å². The molecule has 5 rings (SSSR count). The molecular weight excluding hydrogens is 362 g/mol. The second-order valence-electron chi connectivity index (χ2n) is 7.56. The van der Waals surface area contributed by atoms with Gasteiger partial charge in [-0.3, -0.25) is 4.90 Å². The Balaban J connectivity index is 1.58. The average Bonchev–Trinajstić information content (AvgIpc) is 3.34. The molecule has 1 unspecified atom stereocenters. The van der Waals surface area contributed by atoms with Crippen molar-refractivity contribution in [1.29, 1.82) is 0 Å². The summed E-state index contributed by atoms with van der Waals surface area (Å²) in [6.45, 7) is 4.77. The van der Waals surface area contributed by atoms with E-state index in [2.05, 4.69) is 61.0 Å². The monoisotopic (exact) mass is 387 g/mol. The number of methoxy groups -OCH3 is 1. The molecule has 1 atom stereocenters. The smallest absolute Gasteiger partial charge is 0.129 e. The molecule has 3 heterocycles. The van der Waals surface area contributed by atoms with Crippen LogP contribution in [-0.4, -0.2) is 44.8 Å². The molecule has 0 amide bonds. The van der Waals surface area contributed by atoms with E-state index < -0.39 is 0 Å². The fourth-order valence-electron chi connectivity index (χ4n) is 4.54. The molecule has 0 spiro atoms. The van der Waals surface area contributed by atoms with E-state index in [1.54, 1.807) is 7.11 Å². The van der Waals surface area contributed by atoms with Gasteiger partial charge in [-0.25, -0.2) is 0 Å². The summed E-state index contributed by atoms with van der Waals surface area (Å²) < 4.78 is 7.85. The van der Waals surface area contributed by atoms with Crippen LogP contribution in [0.2, 0.25) is 0 Å². The third-order valence-electron chi connectivity index (χ3n) is 6.01. The van der Waals surface area contributed by atoms with Crippen LogP contribution in [-0.2, 0) is 13.0 Å². The number of aromatic amines is 1. The van der Waals surface area contributed by atoms with Crippen molar-refractivity contribution in [3.63, 3.8) is 0 Å². The number of H-pyrrole nitrogens is 1. The highest BCUT2D eigenvalue weighted by atomic mass is 16.5. The molecule has 0 aliphatic carbocycles. The highest BCUT2D eigenvalue weighted by Gasteiger charge is 2.33. The van der Waals surface area contributed by atoms with E-state index in [9.17, 15) is 0 Å². The molecule has 0 saturated heterocycles. The Kier molecular flexibility index (Phi) is 4.56. The number of hydrogen-bond acceptors (Lipinski definition) is 4. The van der Waals surface area contributed by atoms with Gasteiger partial charge in [-0.1, -0.05) is 36.4 Å². The lowest BCUT2D eigenvalue weighted by molar-refractivity contribution is 0.199. The van der Waals surface area contributed by atoms with E-state index >= 15 is 0 Å². The molecule has 0 fully saturated rings. The summed E-state index contributed by atoms with van der Waals surface area (Å²) in [5.41, 5.74) is 5.10. The Morgan fingerprint density at radius 1 is 1.10 bits per heavy atom. The summed E-state index contributed by atoms with van der Waals surface area (Å²) in [5, 5.41) is 9.47. The number of para-hydroxylation sites is 2. The van der Waals surface area contributed by atoms with Crippen molar-refractivity contribution in [3.8, 4) is 5.75 Å². The molecule has 0 saturated carbocycles. The van der Waals surface area contributed by atoms with Gasteiger partial charge in [0.2, 0.25) is 0 Å². The van der Waals surface area contributed by atoms with Gasteiger partial charge in [0.05, 0.1) is 13.2 Å². The zero-order valence-corrected chi connectivity index (χ0v) is 16.8. The third-order valence-corrected chi connectivity index (χ3v) is 6.01. The normalized spacial score (nSPS) is 16.8. The van der Waals surface area contributed by atoms with Crippen LogP contribution >= 0.6 is 0 Å². The van der Waals surface area contributed by atoms with Crippen LogP contribution in [0, 0.1) is 6.92 Å². The van der Waals surface area contributed by atoms with Crippen molar-refractivity contribution in [2.45, 2.75) is 25.9 Å². The molecule has 1 N–H and O–H groups in total. The molecule has 148 valence electrons. The quantitative estimate of drug-likeness (QED) is 0.567. The lowest BCUT2D eigenvalue weighted by atomic mass is 9.92. The van der Waals surface area contributed by atoms with Gasteiger partial charge in [0, 0.05) is 41.8 Å². The van der Waals surface area contributed by atoms with Crippen LogP contribution in [0.1, 0.15) is 28.7 Å². The van der Waals surface area contributed by atoms with Gasteiger partial charge in [-0.15, -0.1) is 10.2 Å². The Morgan fingerprint density at radius 3 is 2.76 bits per heavy atom. The summed E-state index contributed by atoms with van der Waals surface area (Å²) >= 11 is 0. The van der Waals surface area contributed by atoms with Gasteiger partial charge in [0.25, 0.3) is 0 Å². The highest BCUT2D eigenvalue weighted by molar-refractivity contribution is 5.85. The molecular formula is C23H25N5O. The predicted molar refractivity (Wildman–Crippen MR) is 113 cm³/mol. The molecule has 2 aromatic carbocycles. The van der Waals surface area contributed by atoms with Crippen LogP contribution in [0.3, 0.4) is 0 Å². The van der Waals surface area contributed by atoms with Crippen LogP contribution in [0.25, 0.3) is 10.9 Å². The van der Waals surface area contributed by atoms with E-state index in [1.165, 1.54) is 27.7 Å². The molecule has 4 aromatic rings. The van der Waals surface area contributed by atoms with Gasteiger partial charge in [0.15, 0.2) is 0 Å². The molecule has 29 heavy (non-hydrogen) atoms. The maximum atomic E-state index is 5.74. The summed E-state index contributed by atoms with van der Waals surface area (Å²) in [6, 6.07) is 17.1. The van der Waals surface area contributed by atoms with Gasteiger partial charge < -0.3 is 14.3 Å². The minimum atomic E-state index is 0.124. The van der Waals surface area contributed by atoms with Crippen LogP contribution in [0.5, 0.6) is 5.75 Å². The zero-order valence-electron chi connectivity index (χ0n) is 16.8. The number of nitrogens with one attached hydrogen (secondary N) is 1. The largest absolute Gasteiger partial charge is 0.496 e. The maximum absolute atomic E-state index is 5.74. The van der Waals surface area contributed by atoms with E-state index in [0.29, 0.717) is 0 Å². The van der Waals surface area contributed by atoms with E-state index in [4.69, 9.17) is 4.74 Å². The molecule has 6 nitrogen and oxygen atoms in total. The van der Waals surface area contributed by atoms with Crippen LogP contribution in [0.15, 0.2) is 54.9 Å². The SMILES string of the molecule is COc1ccccc1C1c2[nH]c3ccccc3c2CCN1CCn1cnnc1C. The van der Waals surface area contributed by atoms with Crippen molar-refractivity contribution >= 4 is 10.9 Å². The number of fused-ring (bicyclic) bond motifs is 3. The molecule has 1 aliphatic rings. The van der Waals surface area contributed by atoms with Crippen molar-refractivity contribution < 1.29 is 4.74 Å². The molecule has 0 radical (unpaired) electrons. The fourth-order valence-corrected chi connectivity index (χ4v) is 4.54. The number of aryl methyl sites for hydroxylation is 1. The number of nitrogens with zero attached hydrogens (tertiary/aromatic N) is 4. The van der Waals surface area contributed by atoms with E-state index in [1.807, 2.05) is 25.4 Å². The summed E-state index contributed by atoms with van der Waals surface area (Å²) in [6.07, 6.45) is 2.85. The number of benzene rings is 2. The Bertz CT molecular complexity index is 1150. The summed E-state index contributed by atoms with van der Waals surface area (Å²) in [7, 11) is 1.75. The fraction of sp³-hybridized carbons (Fsp3) is 0.304. The molecule has 6 heteroatoms. The van der Waals surface area contributed by atoms with Gasteiger partial charge in [-0.2, -0.15) is 0 Å². The first-order chi connectivity index (χ1) is 14.3. The predicted octanol–water partition coefficient (Wildman–Crippen LogP) is 3.72. The van der Waals surface area contributed by atoms with Crippen molar-refractivity contribution in [3.05, 3.63) is 77.5 Å². The molecule has 2 aromatic heterocycles. The third kappa shape index (κ3) is 3.09. The van der Waals surface area contributed by atoms with Crippen molar-refractivity contribution in [1.82, 2.24) is 24.6 Å². The number of hydrogen-bond donors (Lipinski definition) is 1. The highest BCUT2D eigenvalue weighted by Crippen LogP contribution is 2.41. The topological polar surface area (TPSA) is 59.0 Å².